The van der Waals surface area contributed by atoms with E-state index in [0.29, 0.717) is 17.8 Å². The number of hydrogen-bond donors (Lipinski definition) is 0. The highest BCUT2D eigenvalue weighted by atomic mass is 16.5. The van der Waals surface area contributed by atoms with Crippen molar-refractivity contribution in [1.82, 2.24) is 0 Å². The van der Waals surface area contributed by atoms with Crippen molar-refractivity contribution in [2.45, 2.75) is 53.9 Å². The molecule has 0 saturated carbocycles. The summed E-state index contributed by atoms with van der Waals surface area (Å²) in [6.07, 6.45) is 12.4. The fourth-order valence-corrected chi connectivity index (χ4v) is 2.97. The molecule has 0 saturated heterocycles. The first kappa shape index (κ1) is 29.4. The van der Waals surface area contributed by atoms with Gasteiger partial charge in [0.1, 0.15) is 5.76 Å². The smallest absolute Gasteiger partial charge is 0.338 e. The molecule has 0 unspecified atom stereocenters. The van der Waals surface area contributed by atoms with Gasteiger partial charge in [0.2, 0.25) is 0 Å². The number of unbranched alkanes of at least 4 members (excludes halogenated alkanes) is 1. The Morgan fingerprint density at radius 3 is 2.06 bits per heavy atom. The molecule has 4 heteroatoms. The zero-order valence-electron chi connectivity index (χ0n) is 21.8. The number of esters is 2. The van der Waals surface area contributed by atoms with E-state index >= 15 is 0 Å². The van der Waals surface area contributed by atoms with Crippen LogP contribution in [-0.2, 0) is 25.5 Å². The summed E-state index contributed by atoms with van der Waals surface area (Å²) in [4.78, 5) is 23.0. The topological polar surface area (TPSA) is 52.6 Å². The van der Waals surface area contributed by atoms with Crippen molar-refractivity contribution in [3.05, 3.63) is 114 Å². The molecule has 0 fully saturated rings. The molecule has 0 aromatic heterocycles. The molecule has 0 spiro atoms. The minimum atomic E-state index is -0.484. The summed E-state index contributed by atoms with van der Waals surface area (Å²) < 4.78 is 10.2. The van der Waals surface area contributed by atoms with Gasteiger partial charge in [0.25, 0.3) is 0 Å². The maximum absolute atomic E-state index is 11.6. The lowest BCUT2D eigenvalue weighted by Gasteiger charge is -2.07. The molecular weight excluding hydrogens is 436 g/mol. The first-order valence-electron chi connectivity index (χ1n) is 11.7. The molecule has 0 aliphatic heterocycles. The molecule has 1 aromatic carbocycles. The van der Waals surface area contributed by atoms with Crippen LogP contribution in [0.1, 0.15) is 58.6 Å². The van der Waals surface area contributed by atoms with E-state index in [0.717, 1.165) is 41.5 Å². The predicted octanol–water partition coefficient (Wildman–Crippen LogP) is 7.61. The molecule has 0 aliphatic carbocycles. The number of carbonyl (C=O) groups excluding carboxylic acids is 2. The minimum absolute atomic E-state index is 0.268. The maximum Gasteiger partial charge on any atom is 0.338 e. The van der Waals surface area contributed by atoms with Crippen LogP contribution in [0.3, 0.4) is 0 Å². The van der Waals surface area contributed by atoms with Crippen LogP contribution < -0.4 is 0 Å². The molecule has 4 nitrogen and oxygen atoms in total. The van der Waals surface area contributed by atoms with Gasteiger partial charge in [-0.1, -0.05) is 68.3 Å². The Balaban J connectivity index is 2.66. The van der Waals surface area contributed by atoms with Gasteiger partial charge in [-0.25, -0.2) is 9.59 Å². The minimum Gasteiger partial charge on any atom is -0.462 e. The molecule has 35 heavy (non-hydrogen) atoms. The van der Waals surface area contributed by atoms with Gasteiger partial charge in [-0.3, -0.25) is 0 Å². The molecule has 0 N–H and O–H groups in total. The molecule has 1 rings (SSSR count). The Bertz CT molecular complexity index is 1060. The van der Waals surface area contributed by atoms with E-state index in [1.54, 1.807) is 19.9 Å². The molecule has 1 aromatic rings. The van der Waals surface area contributed by atoms with Gasteiger partial charge < -0.3 is 9.47 Å². The lowest BCUT2D eigenvalue weighted by molar-refractivity contribution is -0.139. The van der Waals surface area contributed by atoms with Crippen LogP contribution in [0.25, 0.3) is 5.57 Å². The van der Waals surface area contributed by atoms with E-state index in [9.17, 15) is 9.59 Å². The number of hydrogen-bond acceptors (Lipinski definition) is 4. The van der Waals surface area contributed by atoms with Crippen molar-refractivity contribution in [2.24, 2.45) is 0 Å². The number of carbonyl (C=O) groups is 2. The summed E-state index contributed by atoms with van der Waals surface area (Å²) in [5.41, 5.74) is 6.41. The van der Waals surface area contributed by atoms with Crippen molar-refractivity contribution in [2.75, 3.05) is 6.61 Å². The fourth-order valence-electron chi connectivity index (χ4n) is 2.97. The Morgan fingerprint density at radius 1 is 0.857 bits per heavy atom. The fraction of sp³-hybridized carbons (Fsp3) is 0.290. The Kier molecular flexibility index (Phi) is 12.8. The average Bonchev–Trinajstić information content (AvgIpc) is 2.82. The summed E-state index contributed by atoms with van der Waals surface area (Å²) in [5, 5.41) is 0. The summed E-state index contributed by atoms with van der Waals surface area (Å²) in [5.74, 6) is -0.541. The first-order valence-corrected chi connectivity index (χ1v) is 11.7. The summed E-state index contributed by atoms with van der Waals surface area (Å²) in [6.45, 7) is 20.6. The predicted molar refractivity (Wildman–Crippen MR) is 146 cm³/mol. The van der Waals surface area contributed by atoms with Gasteiger partial charge in [0.05, 0.1) is 6.61 Å². The molecule has 0 bridgehead atoms. The van der Waals surface area contributed by atoms with Gasteiger partial charge in [0, 0.05) is 11.1 Å². The standard InChI is InChI=1S/C31H38O4/c1-9-28(18-15-26(8)35-31(33)23(4)5)24(6)13-14-25(7)29-19-16-27(17-20-29)12-10-11-21-34-30(32)22(2)3/h9,13-20H,2,4,8,10-12,21H2,1,3,5-7H3/b18-15-,24-13+,25-14+,28-9+. The number of aryl methyl sites for hydroxylation is 1. The van der Waals surface area contributed by atoms with Crippen LogP contribution in [0, 0.1) is 0 Å². The van der Waals surface area contributed by atoms with E-state index < -0.39 is 5.97 Å². The Labute approximate surface area is 210 Å². The molecule has 186 valence electrons. The summed E-state index contributed by atoms with van der Waals surface area (Å²) in [7, 11) is 0. The molecule has 0 amide bonds. The maximum atomic E-state index is 11.6. The van der Waals surface area contributed by atoms with E-state index in [1.165, 1.54) is 5.56 Å². The summed E-state index contributed by atoms with van der Waals surface area (Å²) in [6, 6.07) is 8.53. The zero-order chi connectivity index (χ0) is 26.4. The lowest BCUT2D eigenvalue weighted by atomic mass is 10.0. The quantitative estimate of drug-likeness (QED) is 0.0970. The third-order valence-corrected chi connectivity index (χ3v) is 5.22. The van der Waals surface area contributed by atoms with Crippen LogP contribution >= 0.6 is 0 Å². The number of allylic oxidation sites excluding steroid dienone is 8. The van der Waals surface area contributed by atoms with E-state index in [4.69, 9.17) is 9.47 Å². The molecule has 0 heterocycles. The Morgan fingerprint density at radius 2 is 1.49 bits per heavy atom. The SMILES string of the molecule is C=C(\C=C/C(=C\C)C(/C)=C/C=C(\C)c1ccc(CCCCOC(=O)C(=C)C)cc1)OC(=O)C(=C)C. The van der Waals surface area contributed by atoms with E-state index in [2.05, 4.69) is 63.1 Å². The number of benzene rings is 1. The van der Waals surface area contributed by atoms with Crippen molar-refractivity contribution in [1.29, 1.82) is 0 Å². The largest absolute Gasteiger partial charge is 0.462 e. The van der Waals surface area contributed by atoms with Crippen molar-refractivity contribution < 1.29 is 19.1 Å². The third kappa shape index (κ3) is 11.3. The second-order valence-electron chi connectivity index (χ2n) is 8.48. The van der Waals surface area contributed by atoms with Crippen molar-refractivity contribution in [3.63, 3.8) is 0 Å². The van der Waals surface area contributed by atoms with E-state index in [-0.39, 0.29) is 11.7 Å². The highest BCUT2D eigenvalue weighted by molar-refractivity contribution is 5.88. The van der Waals surface area contributed by atoms with Gasteiger partial charge >= 0.3 is 11.9 Å². The van der Waals surface area contributed by atoms with Crippen LogP contribution in [0.4, 0.5) is 0 Å². The van der Waals surface area contributed by atoms with Crippen LogP contribution in [0.15, 0.2) is 102 Å². The van der Waals surface area contributed by atoms with Gasteiger partial charge in [-0.2, -0.15) is 0 Å². The van der Waals surface area contributed by atoms with Crippen LogP contribution in [0.2, 0.25) is 0 Å². The first-order chi connectivity index (χ1) is 16.5. The Hall–Kier alpha value is -3.66. The normalized spacial score (nSPS) is 12.4. The second kappa shape index (κ2) is 15.3. The third-order valence-electron chi connectivity index (χ3n) is 5.22. The average molecular weight is 475 g/mol. The van der Waals surface area contributed by atoms with Crippen LogP contribution in [-0.4, -0.2) is 18.5 Å². The highest BCUT2D eigenvalue weighted by Crippen LogP contribution is 2.18. The lowest BCUT2D eigenvalue weighted by Crippen LogP contribution is -2.06. The van der Waals surface area contributed by atoms with Crippen molar-refractivity contribution >= 4 is 17.5 Å². The van der Waals surface area contributed by atoms with Gasteiger partial charge in [0.15, 0.2) is 0 Å². The number of ether oxygens (including phenoxy) is 2. The zero-order valence-corrected chi connectivity index (χ0v) is 21.8. The monoisotopic (exact) mass is 474 g/mol. The molecule has 0 aliphatic rings. The van der Waals surface area contributed by atoms with Crippen LogP contribution in [0.5, 0.6) is 0 Å². The summed E-state index contributed by atoms with van der Waals surface area (Å²) >= 11 is 0. The molecule has 0 radical (unpaired) electrons. The molecule has 0 atom stereocenters. The van der Waals surface area contributed by atoms with E-state index in [1.807, 2.05) is 26.0 Å². The second-order valence-corrected chi connectivity index (χ2v) is 8.48. The van der Waals surface area contributed by atoms with Gasteiger partial charge in [-0.05, 0) is 87.8 Å². The van der Waals surface area contributed by atoms with Gasteiger partial charge in [-0.15, -0.1) is 0 Å². The highest BCUT2D eigenvalue weighted by Gasteiger charge is 2.05. The van der Waals surface area contributed by atoms with Crippen molar-refractivity contribution in [3.8, 4) is 0 Å². The molecular formula is C31H38O4. The number of rotatable bonds is 13.